The number of aliphatic hydroxyl groups excluding tert-OH is 1. The lowest BCUT2D eigenvalue weighted by molar-refractivity contribution is -0.140. The van der Waals surface area contributed by atoms with Crippen molar-refractivity contribution in [1.82, 2.24) is 15.6 Å². The molecule has 1 heterocycles. The zero-order valence-corrected chi connectivity index (χ0v) is 9.14. The number of rotatable bonds is 5. The summed E-state index contributed by atoms with van der Waals surface area (Å²) in [4.78, 5) is 25.6. The number of aryl methyl sites for hydroxylation is 1. The number of aliphatic hydroxyl groups is 1. The highest BCUT2D eigenvalue weighted by Crippen LogP contribution is 2.00. The molecule has 0 aliphatic carbocycles. The van der Waals surface area contributed by atoms with Gasteiger partial charge in [-0.05, 0) is 6.92 Å². The van der Waals surface area contributed by atoms with Gasteiger partial charge in [-0.25, -0.2) is 14.6 Å². The first-order valence-corrected chi connectivity index (χ1v) is 4.82. The van der Waals surface area contributed by atoms with E-state index >= 15 is 0 Å². The number of urea groups is 1. The molecule has 8 nitrogen and oxygen atoms in total. The van der Waals surface area contributed by atoms with E-state index in [4.69, 9.17) is 14.6 Å². The number of aromatic nitrogens is 1. The molecule has 0 aliphatic rings. The summed E-state index contributed by atoms with van der Waals surface area (Å²) in [7, 11) is 0. The Hall–Kier alpha value is -2.09. The molecule has 1 rings (SSSR count). The largest absolute Gasteiger partial charge is 0.480 e. The molecule has 8 heteroatoms. The van der Waals surface area contributed by atoms with E-state index in [1.807, 2.05) is 0 Å². The average Bonchev–Trinajstić information content (AvgIpc) is 2.68. The minimum Gasteiger partial charge on any atom is -0.480 e. The minimum absolute atomic E-state index is 0.0391. The standard InChI is InChI=1S/C9H13N3O5/c1-5-2-10-7(17-5)3-11-9(16)12-6(4-13)8(14)15/h2,6,13H,3-4H2,1H3,(H,14,15)(H2,11,12,16)/t6-/m1/s1. The van der Waals surface area contributed by atoms with E-state index in [0.29, 0.717) is 11.7 Å². The maximum atomic E-state index is 11.2. The first-order chi connectivity index (χ1) is 8.02. The van der Waals surface area contributed by atoms with E-state index in [-0.39, 0.29) is 6.54 Å². The quantitative estimate of drug-likeness (QED) is 0.538. The third kappa shape index (κ3) is 4.11. The number of oxazole rings is 1. The Morgan fingerprint density at radius 2 is 2.29 bits per heavy atom. The van der Waals surface area contributed by atoms with Gasteiger partial charge in [0.2, 0.25) is 5.89 Å². The number of carbonyl (C=O) groups excluding carboxylic acids is 1. The van der Waals surface area contributed by atoms with Crippen LogP contribution in [0.1, 0.15) is 11.7 Å². The molecule has 4 N–H and O–H groups in total. The SMILES string of the molecule is Cc1cnc(CNC(=O)N[C@H](CO)C(=O)O)o1. The summed E-state index contributed by atoms with van der Waals surface area (Å²) < 4.78 is 5.09. The van der Waals surface area contributed by atoms with Crippen LogP contribution in [0.15, 0.2) is 10.6 Å². The number of hydrogen-bond donors (Lipinski definition) is 4. The number of carbonyl (C=O) groups is 2. The number of hydrogen-bond acceptors (Lipinski definition) is 5. The number of amides is 2. The van der Waals surface area contributed by atoms with Crippen LogP contribution in [0.5, 0.6) is 0 Å². The van der Waals surface area contributed by atoms with Gasteiger partial charge in [-0.2, -0.15) is 0 Å². The van der Waals surface area contributed by atoms with Crippen LogP contribution in [0.3, 0.4) is 0 Å². The lowest BCUT2D eigenvalue weighted by Crippen LogP contribution is -2.47. The van der Waals surface area contributed by atoms with Crippen molar-refractivity contribution in [3.8, 4) is 0 Å². The van der Waals surface area contributed by atoms with Crippen LogP contribution in [0, 0.1) is 6.92 Å². The second-order valence-electron chi connectivity index (χ2n) is 3.27. The van der Waals surface area contributed by atoms with E-state index in [1.54, 1.807) is 6.92 Å². The van der Waals surface area contributed by atoms with Crippen molar-refractivity contribution in [1.29, 1.82) is 0 Å². The van der Waals surface area contributed by atoms with Crippen LogP contribution in [0.25, 0.3) is 0 Å². The molecule has 0 aliphatic heterocycles. The van der Waals surface area contributed by atoms with Gasteiger partial charge in [-0.1, -0.05) is 0 Å². The topological polar surface area (TPSA) is 125 Å². The molecule has 0 fully saturated rings. The Morgan fingerprint density at radius 1 is 1.59 bits per heavy atom. The molecule has 94 valence electrons. The van der Waals surface area contributed by atoms with Gasteiger partial charge in [0.25, 0.3) is 0 Å². The van der Waals surface area contributed by atoms with Crippen molar-refractivity contribution in [3.05, 3.63) is 17.8 Å². The summed E-state index contributed by atoms with van der Waals surface area (Å²) >= 11 is 0. The molecule has 0 saturated heterocycles. The van der Waals surface area contributed by atoms with E-state index in [1.165, 1.54) is 6.20 Å². The van der Waals surface area contributed by atoms with Gasteiger partial charge in [-0.3, -0.25) is 0 Å². The number of nitrogens with one attached hydrogen (secondary N) is 2. The van der Waals surface area contributed by atoms with Gasteiger partial charge in [-0.15, -0.1) is 0 Å². The molecule has 0 bridgehead atoms. The fourth-order valence-electron chi connectivity index (χ4n) is 1.03. The van der Waals surface area contributed by atoms with Gasteiger partial charge in [0.05, 0.1) is 19.3 Å². The van der Waals surface area contributed by atoms with Crippen LogP contribution in [0.2, 0.25) is 0 Å². The lowest BCUT2D eigenvalue weighted by atomic mass is 10.3. The minimum atomic E-state index is -1.33. The highest BCUT2D eigenvalue weighted by atomic mass is 16.4. The lowest BCUT2D eigenvalue weighted by Gasteiger charge is -2.11. The molecule has 0 spiro atoms. The molecule has 17 heavy (non-hydrogen) atoms. The maximum Gasteiger partial charge on any atom is 0.328 e. The third-order valence-electron chi connectivity index (χ3n) is 1.86. The van der Waals surface area contributed by atoms with Crippen LogP contribution in [-0.4, -0.2) is 39.8 Å². The first kappa shape index (κ1) is 13.0. The second-order valence-corrected chi connectivity index (χ2v) is 3.27. The van der Waals surface area contributed by atoms with E-state index in [9.17, 15) is 9.59 Å². The number of carboxylic acids is 1. The Kier molecular flexibility index (Phi) is 4.46. The van der Waals surface area contributed by atoms with Gasteiger partial charge >= 0.3 is 12.0 Å². The van der Waals surface area contributed by atoms with Gasteiger partial charge in [0, 0.05) is 0 Å². The Labute approximate surface area is 96.6 Å². The number of aliphatic carboxylic acids is 1. The zero-order chi connectivity index (χ0) is 12.8. The highest BCUT2D eigenvalue weighted by molar-refractivity contribution is 5.82. The zero-order valence-electron chi connectivity index (χ0n) is 9.14. The average molecular weight is 243 g/mol. The fourth-order valence-corrected chi connectivity index (χ4v) is 1.03. The number of carboxylic acid groups (broad SMARTS) is 1. The van der Waals surface area contributed by atoms with Crippen LogP contribution in [0.4, 0.5) is 4.79 Å². The smallest absolute Gasteiger partial charge is 0.328 e. The highest BCUT2D eigenvalue weighted by Gasteiger charge is 2.18. The molecule has 0 unspecified atom stereocenters. The normalized spacial score (nSPS) is 11.9. The molecule has 0 aromatic carbocycles. The van der Waals surface area contributed by atoms with Gasteiger partial charge < -0.3 is 25.3 Å². The van der Waals surface area contributed by atoms with Crippen LogP contribution < -0.4 is 10.6 Å². The molecule has 0 saturated carbocycles. The van der Waals surface area contributed by atoms with E-state index in [0.717, 1.165) is 0 Å². The monoisotopic (exact) mass is 243 g/mol. The van der Waals surface area contributed by atoms with Crippen LogP contribution in [-0.2, 0) is 11.3 Å². The van der Waals surface area contributed by atoms with Crippen molar-refractivity contribution in [3.63, 3.8) is 0 Å². The van der Waals surface area contributed by atoms with Crippen molar-refractivity contribution < 1.29 is 24.2 Å². The van der Waals surface area contributed by atoms with Gasteiger partial charge in [0.15, 0.2) is 6.04 Å². The molecule has 2 amide bonds. The van der Waals surface area contributed by atoms with Crippen molar-refractivity contribution in [2.45, 2.75) is 19.5 Å². The van der Waals surface area contributed by atoms with Crippen molar-refractivity contribution >= 4 is 12.0 Å². The Morgan fingerprint density at radius 3 is 2.76 bits per heavy atom. The van der Waals surface area contributed by atoms with E-state index in [2.05, 4.69) is 15.6 Å². The summed E-state index contributed by atoms with van der Waals surface area (Å²) in [6.07, 6.45) is 1.50. The summed E-state index contributed by atoms with van der Waals surface area (Å²) in [5.74, 6) is -0.385. The maximum absolute atomic E-state index is 11.2. The Balaban J connectivity index is 2.37. The van der Waals surface area contributed by atoms with Crippen molar-refractivity contribution in [2.75, 3.05) is 6.61 Å². The summed E-state index contributed by atoms with van der Waals surface area (Å²) in [6.45, 7) is 1.07. The Bertz CT molecular complexity index is 403. The second kappa shape index (κ2) is 5.85. The third-order valence-corrected chi connectivity index (χ3v) is 1.86. The summed E-state index contributed by atoms with van der Waals surface area (Å²) in [5, 5.41) is 21.7. The van der Waals surface area contributed by atoms with Crippen LogP contribution >= 0.6 is 0 Å². The number of nitrogens with zero attached hydrogens (tertiary/aromatic N) is 1. The predicted molar refractivity (Wildman–Crippen MR) is 55.1 cm³/mol. The summed E-state index contributed by atoms with van der Waals surface area (Å²) in [6, 6.07) is -2.05. The molecular weight excluding hydrogens is 230 g/mol. The summed E-state index contributed by atoms with van der Waals surface area (Å²) in [5.41, 5.74) is 0. The first-order valence-electron chi connectivity index (χ1n) is 4.82. The molecule has 0 radical (unpaired) electrons. The molecule has 1 aromatic rings. The predicted octanol–water partition coefficient (Wildman–Crippen LogP) is -0.772. The van der Waals surface area contributed by atoms with Crippen molar-refractivity contribution in [2.24, 2.45) is 0 Å². The fraction of sp³-hybridized carbons (Fsp3) is 0.444. The molecule has 1 aromatic heterocycles. The van der Waals surface area contributed by atoms with Gasteiger partial charge in [0.1, 0.15) is 5.76 Å². The molecule has 1 atom stereocenters. The molecular formula is C9H13N3O5. The van der Waals surface area contributed by atoms with E-state index < -0.39 is 24.6 Å².